The van der Waals surface area contributed by atoms with E-state index in [1.807, 2.05) is 42.5 Å². The number of fused-ring (bicyclic) bond motifs is 1. The lowest BCUT2D eigenvalue weighted by molar-refractivity contribution is 0.0953. The maximum absolute atomic E-state index is 12.7. The van der Waals surface area contributed by atoms with E-state index in [0.29, 0.717) is 28.9 Å². The summed E-state index contributed by atoms with van der Waals surface area (Å²) in [6.45, 7) is 4.91. The zero-order chi connectivity index (χ0) is 22.5. The third kappa shape index (κ3) is 5.32. The van der Waals surface area contributed by atoms with Gasteiger partial charge in [0.2, 0.25) is 0 Å². The largest absolute Gasteiger partial charge is 0.352 e. The van der Waals surface area contributed by atoms with E-state index in [1.165, 1.54) is 0 Å². The number of nitrogens with zero attached hydrogens (tertiary/aromatic N) is 3. The molecule has 0 aliphatic carbocycles. The van der Waals surface area contributed by atoms with Crippen LogP contribution in [0.2, 0.25) is 5.02 Å². The van der Waals surface area contributed by atoms with Gasteiger partial charge < -0.3 is 10.3 Å². The molecule has 1 amide bonds. The normalized spacial score (nSPS) is 11.2. The molecule has 0 fully saturated rings. The van der Waals surface area contributed by atoms with Gasteiger partial charge in [-0.2, -0.15) is 0 Å². The standard InChI is InChI=1S/C25H26ClN5O/c1-16(2)14-21-20-10-7-18(25(32)29-11-3-4-23-27-12-13-28-23)15-22(20)31-24(30-21)17-5-8-19(26)9-6-17/h5-10,12-13,15-16H,3-4,11,14H2,1-2H3,(H,27,28)(H,29,32). The third-order valence-electron chi connectivity index (χ3n) is 5.17. The van der Waals surface area contributed by atoms with Crippen molar-refractivity contribution in [1.29, 1.82) is 0 Å². The van der Waals surface area contributed by atoms with Crippen LogP contribution >= 0.6 is 11.6 Å². The number of nitrogens with one attached hydrogen (secondary N) is 2. The van der Waals surface area contributed by atoms with Crippen molar-refractivity contribution in [2.45, 2.75) is 33.1 Å². The maximum Gasteiger partial charge on any atom is 0.251 e. The van der Waals surface area contributed by atoms with E-state index in [2.05, 4.69) is 29.1 Å². The predicted molar refractivity (Wildman–Crippen MR) is 128 cm³/mol. The summed E-state index contributed by atoms with van der Waals surface area (Å²) in [5.74, 6) is 1.90. The molecule has 0 atom stereocenters. The Morgan fingerprint density at radius 2 is 1.94 bits per heavy atom. The molecule has 32 heavy (non-hydrogen) atoms. The highest BCUT2D eigenvalue weighted by molar-refractivity contribution is 6.30. The number of rotatable bonds is 8. The Kier molecular flexibility index (Phi) is 6.81. The van der Waals surface area contributed by atoms with Crippen molar-refractivity contribution in [2.24, 2.45) is 5.92 Å². The van der Waals surface area contributed by atoms with Crippen molar-refractivity contribution in [3.8, 4) is 11.4 Å². The molecule has 2 aromatic heterocycles. The molecule has 0 aliphatic rings. The minimum Gasteiger partial charge on any atom is -0.352 e. The van der Waals surface area contributed by atoms with Gasteiger partial charge in [0.15, 0.2) is 5.82 Å². The van der Waals surface area contributed by atoms with Gasteiger partial charge in [-0.15, -0.1) is 0 Å². The Balaban J connectivity index is 1.58. The van der Waals surface area contributed by atoms with Crippen molar-refractivity contribution in [3.05, 3.63) is 77.0 Å². The average Bonchev–Trinajstić information content (AvgIpc) is 3.30. The number of H-pyrrole nitrogens is 1. The van der Waals surface area contributed by atoms with Gasteiger partial charge in [0.05, 0.1) is 11.2 Å². The molecule has 6 nitrogen and oxygen atoms in total. The highest BCUT2D eigenvalue weighted by Gasteiger charge is 2.14. The van der Waals surface area contributed by atoms with Crippen LogP contribution in [0.15, 0.2) is 54.9 Å². The van der Waals surface area contributed by atoms with Gasteiger partial charge in [0, 0.05) is 46.9 Å². The van der Waals surface area contributed by atoms with E-state index in [1.54, 1.807) is 12.4 Å². The van der Waals surface area contributed by atoms with Crippen LogP contribution in [0, 0.1) is 5.92 Å². The molecule has 2 aromatic carbocycles. The smallest absolute Gasteiger partial charge is 0.251 e. The summed E-state index contributed by atoms with van der Waals surface area (Å²) in [4.78, 5) is 29.6. The first-order valence-corrected chi connectivity index (χ1v) is 11.2. The second-order valence-corrected chi connectivity index (χ2v) is 8.66. The molecule has 0 spiro atoms. The molecule has 0 unspecified atom stereocenters. The number of amides is 1. The van der Waals surface area contributed by atoms with E-state index < -0.39 is 0 Å². The van der Waals surface area contributed by atoms with Gasteiger partial charge >= 0.3 is 0 Å². The summed E-state index contributed by atoms with van der Waals surface area (Å²) in [7, 11) is 0. The lowest BCUT2D eigenvalue weighted by Crippen LogP contribution is -2.24. The van der Waals surface area contributed by atoms with Crippen LogP contribution in [0.25, 0.3) is 22.3 Å². The zero-order valence-corrected chi connectivity index (χ0v) is 19.0. The fourth-order valence-corrected chi connectivity index (χ4v) is 3.73. The van der Waals surface area contributed by atoms with E-state index in [9.17, 15) is 4.79 Å². The Bertz CT molecular complexity index is 1200. The zero-order valence-electron chi connectivity index (χ0n) is 18.2. The molecule has 2 heterocycles. The number of carbonyl (C=O) groups is 1. The molecule has 0 saturated carbocycles. The molecule has 0 bridgehead atoms. The van der Waals surface area contributed by atoms with Crippen molar-refractivity contribution >= 4 is 28.4 Å². The number of halogens is 1. The number of aromatic nitrogens is 4. The molecule has 0 radical (unpaired) electrons. The van der Waals surface area contributed by atoms with Crippen molar-refractivity contribution < 1.29 is 4.79 Å². The second kappa shape index (κ2) is 9.92. The minimum atomic E-state index is -0.108. The Labute approximate surface area is 192 Å². The fourth-order valence-electron chi connectivity index (χ4n) is 3.60. The number of aromatic amines is 1. The summed E-state index contributed by atoms with van der Waals surface area (Å²) in [5, 5.41) is 4.63. The summed E-state index contributed by atoms with van der Waals surface area (Å²) >= 11 is 6.04. The van der Waals surface area contributed by atoms with Crippen molar-refractivity contribution in [2.75, 3.05) is 6.54 Å². The third-order valence-corrected chi connectivity index (χ3v) is 5.42. The van der Waals surface area contributed by atoms with Gasteiger partial charge in [-0.25, -0.2) is 15.0 Å². The van der Waals surface area contributed by atoms with E-state index in [0.717, 1.165) is 47.2 Å². The lowest BCUT2D eigenvalue weighted by Gasteiger charge is -2.12. The molecule has 7 heteroatoms. The number of aryl methyl sites for hydroxylation is 1. The van der Waals surface area contributed by atoms with Crippen LogP contribution < -0.4 is 5.32 Å². The van der Waals surface area contributed by atoms with Crippen LogP contribution in [0.5, 0.6) is 0 Å². The molecule has 2 N–H and O–H groups in total. The van der Waals surface area contributed by atoms with Crippen LogP contribution in [0.1, 0.15) is 42.1 Å². The topological polar surface area (TPSA) is 83.6 Å². The Morgan fingerprint density at radius 1 is 1.12 bits per heavy atom. The first kappa shape index (κ1) is 22.0. The highest BCUT2D eigenvalue weighted by atomic mass is 35.5. The van der Waals surface area contributed by atoms with Crippen LogP contribution in [0.4, 0.5) is 0 Å². The second-order valence-electron chi connectivity index (χ2n) is 8.23. The summed E-state index contributed by atoms with van der Waals surface area (Å²) < 4.78 is 0. The van der Waals surface area contributed by atoms with E-state index in [-0.39, 0.29) is 5.91 Å². The summed E-state index contributed by atoms with van der Waals surface area (Å²) in [5.41, 5.74) is 3.24. The molecule has 4 rings (SSSR count). The predicted octanol–water partition coefficient (Wildman–Crippen LogP) is 5.23. The molecule has 164 valence electrons. The maximum atomic E-state index is 12.7. The summed E-state index contributed by atoms with van der Waals surface area (Å²) in [6, 6.07) is 13.1. The van der Waals surface area contributed by atoms with Gasteiger partial charge in [-0.3, -0.25) is 4.79 Å². The Hall–Kier alpha value is -3.25. The van der Waals surface area contributed by atoms with Gasteiger partial charge in [-0.05, 0) is 55.2 Å². The molecule has 0 aliphatic heterocycles. The number of benzene rings is 2. The number of hydrogen-bond donors (Lipinski definition) is 2. The quantitative estimate of drug-likeness (QED) is 0.362. The number of carbonyl (C=O) groups excluding carboxylic acids is 1. The first-order valence-electron chi connectivity index (χ1n) is 10.8. The molecular formula is C25H26ClN5O. The van der Waals surface area contributed by atoms with Crippen LogP contribution in [-0.2, 0) is 12.8 Å². The van der Waals surface area contributed by atoms with Crippen LogP contribution in [0.3, 0.4) is 0 Å². The minimum absolute atomic E-state index is 0.108. The molecular weight excluding hydrogens is 422 g/mol. The molecule has 0 saturated heterocycles. The summed E-state index contributed by atoms with van der Waals surface area (Å²) in [6.07, 6.45) is 5.97. The number of imidazole rings is 1. The Morgan fingerprint density at radius 3 is 2.66 bits per heavy atom. The first-order chi connectivity index (χ1) is 15.5. The SMILES string of the molecule is CC(C)Cc1nc(-c2ccc(Cl)cc2)nc2cc(C(=O)NCCCc3ncc[nH]3)ccc12. The van der Waals surface area contributed by atoms with Gasteiger partial charge in [-0.1, -0.05) is 31.5 Å². The van der Waals surface area contributed by atoms with Gasteiger partial charge in [0.1, 0.15) is 5.82 Å². The van der Waals surface area contributed by atoms with Crippen molar-refractivity contribution in [3.63, 3.8) is 0 Å². The van der Waals surface area contributed by atoms with Gasteiger partial charge in [0.25, 0.3) is 5.91 Å². The number of hydrogen-bond acceptors (Lipinski definition) is 4. The van der Waals surface area contributed by atoms with E-state index >= 15 is 0 Å². The van der Waals surface area contributed by atoms with E-state index in [4.69, 9.17) is 21.6 Å². The molecule has 4 aromatic rings. The van der Waals surface area contributed by atoms with Crippen LogP contribution in [-0.4, -0.2) is 32.4 Å². The average molecular weight is 448 g/mol. The highest BCUT2D eigenvalue weighted by Crippen LogP contribution is 2.25. The fraction of sp³-hybridized carbons (Fsp3) is 0.280. The monoisotopic (exact) mass is 447 g/mol. The van der Waals surface area contributed by atoms with Crippen molar-refractivity contribution in [1.82, 2.24) is 25.3 Å². The lowest BCUT2D eigenvalue weighted by atomic mass is 10.0.